The number of benzene rings is 2. The number of amides is 1. The van der Waals surface area contributed by atoms with E-state index in [0.717, 1.165) is 30.0 Å². The summed E-state index contributed by atoms with van der Waals surface area (Å²) in [5.41, 5.74) is 1.77. The molecule has 1 aliphatic heterocycles. The zero-order valence-electron chi connectivity index (χ0n) is 16.5. The van der Waals surface area contributed by atoms with Crippen molar-refractivity contribution in [2.45, 2.75) is 13.0 Å². The summed E-state index contributed by atoms with van der Waals surface area (Å²) in [6.07, 6.45) is 1.68. The third-order valence-electron chi connectivity index (χ3n) is 5.35. The summed E-state index contributed by atoms with van der Waals surface area (Å²) < 4.78 is 7.04. The van der Waals surface area contributed by atoms with Crippen LogP contribution in [0.2, 0.25) is 0 Å². The molecule has 0 atom stereocenters. The van der Waals surface area contributed by atoms with E-state index in [9.17, 15) is 9.59 Å². The molecular formula is C22H24N4O3. The zero-order chi connectivity index (χ0) is 20.2. The predicted octanol–water partition coefficient (Wildman–Crippen LogP) is 2.14. The molecule has 0 N–H and O–H groups in total. The second-order valence-corrected chi connectivity index (χ2v) is 7.07. The fraction of sp³-hybridized carbons (Fsp3) is 0.318. The molecule has 7 heteroatoms. The van der Waals surface area contributed by atoms with Gasteiger partial charge in [0.05, 0.1) is 25.4 Å². The van der Waals surface area contributed by atoms with Gasteiger partial charge in [-0.25, -0.2) is 0 Å². The van der Waals surface area contributed by atoms with E-state index < -0.39 is 0 Å². The van der Waals surface area contributed by atoms with Gasteiger partial charge in [0, 0.05) is 49.7 Å². The summed E-state index contributed by atoms with van der Waals surface area (Å²) in [6, 6.07) is 15.3. The zero-order valence-corrected chi connectivity index (χ0v) is 16.5. The molecule has 150 valence electrons. The van der Waals surface area contributed by atoms with Crippen LogP contribution in [-0.4, -0.2) is 53.9 Å². The number of hydrogen-bond acceptors (Lipinski definition) is 5. The van der Waals surface area contributed by atoms with Crippen LogP contribution in [0.3, 0.4) is 0 Å². The summed E-state index contributed by atoms with van der Waals surface area (Å²) in [5, 5.41) is 4.83. The fourth-order valence-electron chi connectivity index (χ4n) is 3.72. The largest absolute Gasteiger partial charge is 0.497 e. The molecule has 2 aromatic carbocycles. The predicted molar refractivity (Wildman–Crippen MR) is 112 cm³/mol. The van der Waals surface area contributed by atoms with E-state index in [2.05, 4.69) is 16.1 Å². The van der Waals surface area contributed by atoms with E-state index in [1.54, 1.807) is 17.9 Å². The minimum atomic E-state index is -0.100. The summed E-state index contributed by atoms with van der Waals surface area (Å²) in [5.74, 6) is 0.946. The molecule has 1 aromatic heterocycles. The number of anilines is 1. The van der Waals surface area contributed by atoms with Crippen molar-refractivity contribution in [1.29, 1.82) is 0 Å². The minimum Gasteiger partial charge on any atom is -0.497 e. The molecule has 0 bridgehead atoms. The quantitative estimate of drug-likeness (QED) is 0.666. The van der Waals surface area contributed by atoms with Gasteiger partial charge in [0.1, 0.15) is 5.75 Å². The molecule has 0 unspecified atom stereocenters. The molecule has 0 radical (unpaired) electrons. The van der Waals surface area contributed by atoms with Crippen LogP contribution in [0, 0.1) is 0 Å². The van der Waals surface area contributed by atoms with Crippen LogP contribution in [0.1, 0.15) is 6.42 Å². The minimum absolute atomic E-state index is 0.100. The number of rotatable bonds is 5. The first-order chi connectivity index (χ1) is 14.2. The maximum Gasteiger partial charge on any atom is 0.224 e. The molecule has 0 saturated carbocycles. The third kappa shape index (κ3) is 4.08. The molecule has 29 heavy (non-hydrogen) atoms. The van der Waals surface area contributed by atoms with Gasteiger partial charge in [-0.3, -0.25) is 14.3 Å². The molecule has 0 aliphatic carbocycles. The number of carbonyl (C=O) groups excluding carboxylic acids is 1. The number of para-hydroxylation sites is 1. The van der Waals surface area contributed by atoms with Gasteiger partial charge in [-0.1, -0.05) is 18.2 Å². The third-order valence-corrected chi connectivity index (χ3v) is 5.35. The van der Waals surface area contributed by atoms with Crippen molar-refractivity contribution in [2.24, 2.45) is 0 Å². The van der Waals surface area contributed by atoms with Gasteiger partial charge in [0.15, 0.2) is 0 Å². The lowest BCUT2D eigenvalue weighted by Gasteiger charge is -2.36. The molecule has 1 amide bonds. The Morgan fingerprint density at radius 1 is 1.07 bits per heavy atom. The van der Waals surface area contributed by atoms with Gasteiger partial charge in [-0.15, -0.1) is 0 Å². The van der Waals surface area contributed by atoms with Crippen molar-refractivity contribution in [3.63, 3.8) is 0 Å². The number of carbonyl (C=O) groups is 1. The van der Waals surface area contributed by atoms with Crippen LogP contribution < -0.4 is 15.1 Å². The van der Waals surface area contributed by atoms with Crippen molar-refractivity contribution in [1.82, 2.24) is 14.7 Å². The van der Waals surface area contributed by atoms with E-state index >= 15 is 0 Å². The lowest BCUT2D eigenvalue weighted by Crippen LogP contribution is -2.49. The average Bonchev–Trinajstić information content (AvgIpc) is 2.79. The summed E-state index contributed by atoms with van der Waals surface area (Å²) in [7, 11) is 1.66. The summed E-state index contributed by atoms with van der Waals surface area (Å²) >= 11 is 0. The Labute approximate surface area is 169 Å². The molecule has 2 heterocycles. The molecule has 4 rings (SSSR count). The molecule has 7 nitrogen and oxygen atoms in total. The van der Waals surface area contributed by atoms with Gasteiger partial charge in [0.2, 0.25) is 11.3 Å². The number of fused-ring (bicyclic) bond motifs is 1. The van der Waals surface area contributed by atoms with E-state index in [1.165, 1.54) is 6.20 Å². The molecule has 1 saturated heterocycles. The van der Waals surface area contributed by atoms with Gasteiger partial charge in [-0.2, -0.15) is 5.10 Å². The average molecular weight is 392 g/mol. The molecule has 1 aliphatic rings. The fourth-order valence-corrected chi connectivity index (χ4v) is 3.72. The van der Waals surface area contributed by atoms with Gasteiger partial charge < -0.3 is 14.5 Å². The Morgan fingerprint density at radius 2 is 1.86 bits per heavy atom. The topological polar surface area (TPSA) is 67.7 Å². The van der Waals surface area contributed by atoms with Crippen molar-refractivity contribution in [3.8, 4) is 5.75 Å². The maximum absolute atomic E-state index is 12.7. The first-order valence-electron chi connectivity index (χ1n) is 9.77. The van der Waals surface area contributed by atoms with E-state index in [4.69, 9.17) is 4.74 Å². The lowest BCUT2D eigenvalue weighted by atomic mass is 10.2. The molecule has 0 spiro atoms. The molecule has 1 fully saturated rings. The van der Waals surface area contributed by atoms with Crippen LogP contribution in [0.5, 0.6) is 5.75 Å². The van der Waals surface area contributed by atoms with Crippen LogP contribution in [0.15, 0.2) is 59.5 Å². The number of nitrogens with zero attached hydrogens (tertiary/aromatic N) is 4. The van der Waals surface area contributed by atoms with Gasteiger partial charge >= 0.3 is 0 Å². The highest BCUT2D eigenvalue weighted by atomic mass is 16.5. The van der Waals surface area contributed by atoms with Crippen molar-refractivity contribution in [3.05, 3.63) is 65.0 Å². The van der Waals surface area contributed by atoms with Gasteiger partial charge in [0.25, 0.3) is 0 Å². The second-order valence-electron chi connectivity index (χ2n) is 7.07. The smallest absolute Gasteiger partial charge is 0.224 e. The Kier molecular flexibility index (Phi) is 5.46. The number of aryl methyl sites for hydroxylation is 1. The highest BCUT2D eigenvalue weighted by Crippen LogP contribution is 2.22. The number of hydrogen-bond donors (Lipinski definition) is 0. The highest BCUT2D eigenvalue weighted by molar-refractivity contribution is 5.79. The van der Waals surface area contributed by atoms with E-state index in [1.807, 2.05) is 41.3 Å². The van der Waals surface area contributed by atoms with Crippen LogP contribution in [-0.2, 0) is 11.3 Å². The van der Waals surface area contributed by atoms with E-state index in [0.29, 0.717) is 31.4 Å². The normalized spacial score (nSPS) is 14.2. The van der Waals surface area contributed by atoms with Crippen molar-refractivity contribution in [2.75, 3.05) is 38.2 Å². The van der Waals surface area contributed by atoms with Crippen molar-refractivity contribution < 1.29 is 9.53 Å². The van der Waals surface area contributed by atoms with Gasteiger partial charge in [-0.05, 0) is 24.3 Å². The highest BCUT2D eigenvalue weighted by Gasteiger charge is 2.21. The van der Waals surface area contributed by atoms with Crippen LogP contribution in [0.25, 0.3) is 10.9 Å². The summed E-state index contributed by atoms with van der Waals surface area (Å²) in [6.45, 7) is 3.41. The molecular weight excluding hydrogens is 368 g/mol. The van der Waals surface area contributed by atoms with Crippen molar-refractivity contribution >= 4 is 22.5 Å². The Balaban J connectivity index is 1.36. The standard InChI is InChI=1S/C22H24N4O3/c1-29-18-6-4-5-17(15-18)24-11-13-25(14-12-24)22(28)9-10-26-20-8-3-2-7-19(20)21(27)16-23-26/h2-8,15-16H,9-14H2,1H3. The number of piperazine rings is 1. The Bertz CT molecular complexity index is 1070. The second kappa shape index (κ2) is 8.34. The number of ether oxygens (including phenoxy) is 1. The monoisotopic (exact) mass is 392 g/mol. The Morgan fingerprint density at radius 3 is 2.66 bits per heavy atom. The summed E-state index contributed by atoms with van der Waals surface area (Å²) in [4.78, 5) is 28.8. The Hall–Kier alpha value is -3.35. The van der Waals surface area contributed by atoms with E-state index in [-0.39, 0.29) is 11.3 Å². The van der Waals surface area contributed by atoms with Crippen LogP contribution >= 0.6 is 0 Å². The number of methoxy groups -OCH3 is 1. The first kappa shape index (κ1) is 19.0. The SMILES string of the molecule is COc1cccc(N2CCN(C(=O)CCn3ncc(=O)c4ccccc43)CC2)c1. The van der Waals surface area contributed by atoms with Crippen LogP contribution in [0.4, 0.5) is 5.69 Å². The molecule has 3 aromatic rings. The lowest BCUT2D eigenvalue weighted by molar-refractivity contribution is -0.131. The first-order valence-corrected chi connectivity index (χ1v) is 9.77. The number of aromatic nitrogens is 2. The maximum atomic E-state index is 12.7.